The van der Waals surface area contributed by atoms with Crippen LogP contribution >= 0.6 is 0 Å². The molecule has 1 aliphatic heterocycles. The number of ether oxygens (including phenoxy) is 3. The van der Waals surface area contributed by atoms with Crippen LogP contribution in [0, 0.1) is 5.92 Å². The van der Waals surface area contributed by atoms with Crippen LogP contribution in [0.25, 0.3) is 0 Å². The van der Waals surface area contributed by atoms with Crippen molar-refractivity contribution in [2.75, 3.05) is 33.4 Å². The Balaban J connectivity index is 2.69. The summed E-state index contributed by atoms with van der Waals surface area (Å²) < 4.78 is 21.5. The smallest absolute Gasteiger partial charge is 0.410 e. The Bertz CT molecular complexity index is 840. The summed E-state index contributed by atoms with van der Waals surface area (Å²) in [5.41, 5.74) is -0.813. The zero-order valence-electron chi connectivity index (χ0n) is 23.8. The van der Waals surface area contributed by atoms with Crippen molar-refractivity contribution in [1.29, 1.82) is 0 Å². The zero-order valence-corrected chi connectivity index (χ0v) is 24.8. The molecule has 1 atom stereocenters. The fraction of sp³-hybridized carbons (Fsp3) is 0.760. The van der Waals surface area contributed by atoms with Crippen LogP contribution in [-0.2, 0) is 28.2 Å². The van der Waals surface area contributed by atoms with Crippen molar-refractivity contribution in [3.05, 3.63) is 12.3 Å². The van der Waals surface area contributed by atoms with Gasteiger partial charge in [-0.15, -0.1) is 0 Å². The molecule has 12 heteroatoms. The number of amides is 3. The number of carbonyl (C=O) groups excluding carboxylic acids is 4. The first kappa shape index (κ1) is 32.4. The summed E-state index contributed by atoms with van der Waals surface area (Å²) in [5.74, 6) is -1.39. The summed E-state index contributed by atoms with van der Waals surface area (Å²) in [4.78, 5) is 50.9. The third-order valence-corrected chi connectivity index (χ3v) is 10.9. The molecule has 0 saturated carbocycles. The lowest BCUT2D eigenvalue weighted by Crippen LogP contribution is -2.53. The van der Waals surface area contributed by atoms with Gasteiger partial charge < -0.3 is 34.2 Å². The standard InChI is InChI=1S/C25H45N3O8Si/c1-17(21(30)33-8)26-20(29)19(16-35-37(9,10)25(5,6)7)27-22(31)34-15-18-11-13-28(14-12-18)23(32)36-24(2,3)4/h18-19H,1,11-16H2,2-10H3,(H,26,29)(H,27,31)/t19-/m0/s1. The Morgan fingerprint density at radius 2 is 1.62 bits per heavy atom. The van der Waals surface area contributed by atoms with Crippen molar-refractivity contribution in [1.82, 2.24) is 15.5 Å². The molecule has 212 valence electrons. The molecule has 1 aliphatic rings. The highest BCUT2D eigenvalue weighted by Crippen LogP contribution is 2.36. The second kappa shape index (κ2) is 13.3. The molecule has 0 aromatic heterocycles. The summed E-state index contributed by atoms with van der Waals surface area (Å²) >= 11 is 0. The highest BCUT2D eigenvalue weighted by atomic mass is 28.4. The van der Waals surface area contributed by atoms with Gasteiger partial charge in [0.1, 0.15) is 17.3 Å². The summed E-state index contributed by atoms with van der Waals surface area (Å²) in [6.45, 7) is 20.2. The van der Waals surface area contributed by atoms with Gasteiger partial charge in [-0.3, -0.25) is 4.79 Å². The van der Waals surface area contributed by atoms with Gasteiger partial charge in [0, 0.05) is 13.1 Å². The topological polar surface area (TPSA) is 132 Å². The van der Waals surface area contributed by atoms with Crippen molar-refractivity contribution in [3.63, 3.8) is 0 Å². The lowest BCUT2D eigenvalue weighted by atomic mass is 9.98. The van der Waals surface area contributed by atoms with Crippen LogP contribution in [-0.4, -0.2) is 82.3 Å². The van der Waals surface area contributed by atoms with E-state index in [9.17, 15) is 19.2 Å². The number of nitrogens with zero attached hydrogens (tertiary/aromatic N) is 1. The zero-order chi connectivity index (χ0) is 28.6. The van der Waals surface area contributed by atoms with E-state index >= 15 is 0 Å². The van der Waals surface area contributed by atoms with Crippen LogP contribution in [0.5, 0.6) is 0 Å². The molecule has 0 aromatic carbocycles. The number of nitrogens with one attached hydrogen (secondary N) is 2. The maximum Gasteiger partial charge on any atom is 0.410 e. The van der Waals surface area contributed by atoms with Gasteiger partial charge in [-0.25, -0.2) is 14.4 Å². The number of likely N-dealkylation sites (tertiary alicyclic amines) is 1. The summed E-state index contributed by atoms with van der Waals surface area (Å²) in [6, 6.07) is -1.11. The number of methoxy groups -OCH3 is 1. The quantitative estimate of drug-likeness (QED) is 0.195. The maximum absolute atomic E-state index is 12.8. The average Bonchev–Trinajstić information content (AvgIpc) is 2.78. The molecule has 0 bridgehead atoms. The minimum atomic E-state index is -2.24. The van der Waals surface area contributed by atoms with Crippen molar-refractivity contribution < 1.29 is 37.8 Å². The van der Waals surface area contributed by atoms with Crippen LogP contribution < -0.4 is 10.6 Å². The number of carbonyl (C=O) groups is 4. The van der Waals surface area contributed by atoms with Gasteiger partial charge in [0.05, 0.1) is 20.3 Å². The van der Waals surface area contributed by atoms with E-state index in [0.29, 0.717) is 25.9 Å². The Kier molecular flexibility index (Phi) is 11.6. The van der Waals surface area contributed by atoms with Gasteiger partial charge in [0.25, 0.3) is 0 Å². The molecule has 0 aromatic rings. The van der Waals surface area contributed by atoms with Crippen LogP contribution in [0.3, 0.4) is 0 Å². The van der Waals surface area contributed by atoms with E-state index in [1.54, 1.807) is 4.90 Å². The SMILES string of the molecule is C=C(NC(=O)[C@H](CO[Si](C)(C)C(C)(C)C)NC(=O)OCC1CCN(C(=O)OC(C)(C)C)CC1)C(=O)OC. The first-order valence-electron chi connectivity index (χ1n) is 12.5. The molecule has 1 fully saturated rings. The number of alkyl carbamates (subject to hydrolysis) is 1. The second-order valence-corrected chi connectivity index (χ2v) is 16.5. The van der Waals surface area contributed by atoms with Gasteiger partial charge in [-0.1, -0.05) is 27.4 Å². The molecule has 11 nitrogen and oxygen atoms in total. The van der Waals surface area contributed by atoms with Crippen LogP contribution in [0.4, 0.5) is 9.59 Å². The van der Waals surface area contributed by atoms with Gasteiger partial charge >= 0.3 is 18.2 Å². The van der Waals surface area contributed by atoms with Gasteiger partial charge in [-0.2, -0.15) is 0 Å². The first-order valence-corrected chi connectivity index (χ1v) is 15.4. The van der Waals surface area contributed by atoms with E-state index in [1.165, 1.54) is 7.11 Å². The van der Waals surface area contributed by atoms with E-state index in [-0.39, 0.29) is 36.0 Å². The molecule has 0 aliphatic carbocycles. The van der Waals surface area contributed by atoms with Crippen molar-refractivity contribution in [2.24, 2.45) is 5.92 Å². The third-order valence-electron chi connectivity index (χ3n) is 6.45. The van der Waals surface area contributed by atoms with Crippen LogP contribution in [0.15, 0.2) is 12.3 Å². The van der Waals surface area contributed by atoms with Crippen LogP contribution in [0.2, 0.25) is 18.1 Å². The summed E-state index contributed by atoms with van der Waals surface area (Å²) in [6.07, 6.45) is 0.180. The normalized spacial score (nSPS) is 15.9. The Labute approximate surface area is 221 Å². The molecule has 0 radical (unpaired) electrons. The number of hydrogen-bond donors (Lipinski definition) is 2. The molecular formula is C25H45N3O8Si. The molecule has 0 unspecified atom stereocenters. The number of hydrogen-bond acceptors (Lipinski definition) is 8. The molecule has 37 heavy (non-hydrogen) atoms. The summed E-state index contributed by atoms with van der Waals surface area (Å²) in [7, 11) is -1.07. The Hall–Kier alpha value is -2.60. The van der Waals surface area contributed by atoms with Gasteiger partial charge in [0.15, 0.2) is 8.32 Å². The Morgan fingerprint density at radius 1 is 1.05 bits per heavy atom. The minimum Gasteiger partial charge on any atom is -0.464 e. The van der Waals surface area contributed by atoms with Crippen molar-refractivity contribution in [3.8, 4) is 0 Å². The Morgan fingerprint density at radius 3 is 2.11 bits per heavy atom. The lowest BCUT2D eigenvalue weighted by Gasteiger charge is -2.37. The minimum absolute atomic E-state index is 0.0688. The largest absolute Gasteiger partial charge is 0.464 e. The number of rotatable bonds is 9. The number of piperidine rings is 1. The van der Waals surface area contributed by atoms with Crippen molar-refractivity contribution in [2.45, 2.75) is 84.2 Å². The molecule has 1 heterocycles. The van der Waals surface area contributed by atoms with Crippen molar-refractivity contribution >= 4 is 32.4 Å². The van der Waals surface area contributed by atoms with E-state index in [0.717, 1.165) is 0 Å². The predicted molar refractivity (Wildman–Crippen MR) is 141 cm³/mol. The molecular weight excluding hydrogens is 498 g/mol. The van der Waals surface area contributed by atoms with Gasteiger partial charge in [0.2, 0.25) is 5.91 Å². The number of esters is 1. The maximum atomic E-state index is 12.8. The predicted octanol–water partition coefficient (Wildman–Crippen LogP) is 3.55. The fourth-order valence-electron chi connectivity index (χ4n) is 3.09. The fourth-order valence-corrected chi connectivity index (χ4v) is 4.10. The average molecular weight is 544 g/mol. The monoisotopic (exact) mass is 543 g/mol. The van der Waals surface area contributed by atoms with Gasteiger partial charge in [-0.05, 0) is 57.7 Å². The molecule has 3 amide bonds. The summed E-state index contributed by atoms with van der Waals surface area (Å²) in [5, 5.41) is 4.78. The first-order chi connectivity index (χ1) is 16.9. The van der Waals surface area contributed by atoms with E-state index < -0.39 is 37.9 Å². The van der Waals surface area contributed by atoms with E-state index in [2.05, 4.69) is 42.7 Å². The molecule has 0 spiro atoms. The second-order valence-electron chi connectivity index (χ2n) is 11.7. The highest BCUT2D eigenvalue weighted by Gasteiger charge is 2.38. The molecule has 1 rings (SSSR count). The third kappa shape index (κ3) is 11.1. The van der Waals surface area contributed by atoms with E-state index in [4.69, 9.17) is 13.9 Å². The molecule has 2 N–H and O–H groups in total. The lowest BCUT2D eigenvalue weighted by molar-refractivity contribution is -0.138. The molecule has 1 saturated heterocycles. The van der Waals surface area contributed by atoms with E-state index in [1.807, 2.05) is 33.9 Å². The highest BCUT2D eigenvalue weighted by molar-refractivity contribution is 6.74. The van der Waals surface area contributed by atoms with Crippen LogP contribution in [0.1, 0.15) is 54.4 Å².